The van der Waals surface area contributed by atoms with Crippen molar-refractivity contribution in [2.75, 3.05) is 0 Å². The third-order valence-electron chi connectivity index (χ3n) is 3.45. The van der Waals surface area contributed by atoms with E-state index in [9.17, 15) is 13.5 Å². The first-order valence-corrected chi connectivity index (χ1v) is 8.93. The Hall–Kier alpha value is -2.78. The molecule has 7 nitrogen and oxygen atoms in total. The van der Waals surface area contributed by atoms with Gasteiger partial charge in [0.1, 0.15) is 11.2 Å². The average molecular weight is 358 g/mol. The van der Waals surface area contributed by atoms with Crippen LogP contribution < -0.4 is 0 Å². The lowest BCUT2D eigenvalue weighted by atomic mass is 10.1. The number of hydrogen-bond acceptors (Lipinski definition) is 7. The van der Waals surface area contributed by atoms with Crippen LogP contribution in [-0.4, -0.2) is 33.1 Å². The van der Waals surface area contributed by atoms with E-state index in [0.29, 0.717) is 11.2 Å². The van der Waals surface area contributed by atoms with E-state index in [1.54, 1.807) is 11.6 Å². The molecule has 0 aliphatic heterocycles. The van der Waals surface area contributed by atoms with Gasteiger partial charge in [0.05, 0.1) is 0 Å². The van der Waals surface area contributed by atoms with E-state index < -0.39 is 10.7 Å². The lowest BCUT2D eigenvalue weighted by molar-refractivity contribution is 0.455. The van der Waals surface area contributed by atoms with Crippen molar-refractivity contribution in [2.45, 2.75) is 4.34 Å². The molecule has 4 rings (SSSR count). The van der Waals surface area contributed by atoms with Crippen molar-refractivity contribution in [3.8, 4) is 28.5 Å². The van der Waals surface area contributed by atoms with Crippen molar-refractivity contribution in [2.24, 2.45) is 0 Å². The number of fused-ring (bicyclic) bond motifs is 1. The van der Waals surface area contributed by atoms with Crippen molar-refractivity contribution in [3.63, 3.8) is 0 Å². The van der Waals surface area contributed by atoms with Gasteiger partial charge >= 0.3 is 0 Å². The third-order valence-corrected chi connectivity index (χ3v) is 5.27. The Morgan fingerprint density at radius 2 is 1.88 bits per heavy atom. The lowest BCUT2D eigenvalue weighted by Gasteiger charge is -2.04. The highest BCUT2D eigenvalue weighted by atomic mass is 32.2. The average Bonchev–Trinajstić information content (AvgIpc) is 3.23. The summed E-state index contributed by atoms with van der Waals surface area (Å²) < 4.78 is 23.4. The summed E-state index contributed by atoms with van der Waals surface area (Å²) >= 11 is 0.988. The van der Waals surface area contributed by atoms with Crippen LogP contribution in [-0.2, 0) is 10.7 Å². The van der Waals surface area contributed by atoms with Crippen molar-refractivity contribution in [3.05, 3.63) is 48.0 Å². The van der Waals surface area contributed by atoms with E-state index in [2.05, 4.69) is 15.1 Å². The molecule has 1 aromatic carbocycles. The van der Waals surface area contributed by atoms with Crippen LogP contribution in [0.4, 0.5) is 0 Å². The van der Waals surface area contributed by atoms with Gasteiger partial charge in [-0.3, -0.25) is 0 Å². The van der Waals surface area contributed by atoms with E-state index in [1.165, 1.54) is 4.52 Å². The molecular formula is C15H10N4O3S2. The normalized spacial score (nSPS) is 11.4. The molecule has 4 aromatic rings. The Morgan fingerprint density at radius 3 is 2.58 bits per heavy atom. The number of thiazole rings is 1. The predicted molar refractivity (Wildman–Crippen MR) is 89.8 cm³/mol. The molecule has 0 unspecified atom stereocenters. The van der Waals surface area contributed by atoms with Gasteiger partial charge in [0.15, 0.2) is 10.7 Å². The summed E-state index contributed by atoms with van der Waals surface area (Å²) in [6.07, 6.45) is 1.71. The van der Waals surface area contributed by atoms with Crippen molar-refractivity contribution < 1.29 is 13.5 Å². The van der Waals surface area contributed by atoms with E-state index in [0.717, 1.165) is 22.5 Å². The van der Waals surface area contributed by atoms with E-state index in [1.807, 2.05) is 36.4 Å². The molecule has 0 saturated carbocycles. The zero-order valence-electron chi connectivity index (χ0n) is 12.0. The van der Waals surface area contributed by atoms with Crippen molar-refractivity contribution >= 4 is 27.6 Å². The van der Waals surface area contributed by atoms with Gasteiger partial charge < -0.3 is 5.11 Å². The Balaban J connectivity index is 1.87. The zero-order valence-corrected chi connectivity index (χ0v) is 13.7. The van der Waals surface area contributed by atoms with Crippen molar-refractivity contribution in [1.29, 1.82) is 0 Å². The first-order valence-electron chi connectivity index (χ1n) is 6.87. The first-order chi connectivity index (χ1) is 11.6. The zero-order chi connectivity index (χ0) is 16.7. The second kappa shape index (κ2) is 5.69. The van der Waals surface area contributed by atoms with Crippen LogP contribution in [0.2, 0.25) is 0 Å². The largest absolute Gasteiger partial charge is 0.492 e. The van der Waals surface area contributed by atoms with Gasteiger partial charge in [0.25, 0.3) is 0 Å². The third kappa shape index (κ3) is 2.43. The van der Waals surface area contributed by atoms with Gasteiger partial charge in [-0.15, -0.1) is 16.4 Å². The maximum absolute atomic E-state index is 11.0. The summed E-state index contributed by atoms with van der Waals surface area (Å²) in [5.74, 6) is -0.0283. The van der Waals surface area contributed by atoms with E-state index in [-0.39, 0.29) is 16.0 Å². The van der Waals surface area contributed by atoms with Crippen LogP contribution >= 0.6 is 11.3 Å². The molecule has 9 heteroatoms. The molecule has 0 aliphatic carbocycles. The molecule has 0 saturated heterocycles. The van der Waals surface area contributed by atoms with E-state index in [4.69, 9.17) is 0 Å². The summed E-state index contributed by atoms with van der Waals surface area (Å²) in [7, 11) is -2.75. The summed E-state index contributed by atoms with van der Waals surface area (Å²) in [6, 6.07) is 11.4. The number of benzene rings is 1. The first kappa shape index (κ1) is 14.8. The second-order valence-corrected chi connectivity index (χ2v) is 7.02. The molecule has 0 fully saturated rings. The van der Waals surface area contributed by atoms with Crippen LogP contribution in [0.5, 0.6) is 5.88 Å². The molecule has 0 aliphatic rings. The minimum Gasteiger partial charge on any atom is -0.492 e. The molecular weight excluding hydrogens is 348 g/mol. The molecule has 1 N–H and O–H groups in total. The quantitative estimate of drug-likeness (QED) is 0.545. The Morgan fingerprint density at radius 1 is 1.08 bits per heavy atom. The van der Waals surface area contributed by atoms with Gasteiger partial charge in [0, 0.05) is 17.1 Å². The minimum absolute atomic E-state index is 0.0133. The molecule has 0 atom stereocenters. The van der Waals surface area contributed by atoms with Crippen molar-refractivity contribution in [1.82, 2.24) is 19.6 Å². The highest BCUT2D eigenvalue weighted by Gasteiger charge is 2.16. The maximum atomic E-state index is 11.0. The number of hydrogen-bond donors (Lipinski definition) is 2. The van der Waals surface area contributed by atoms with Crippen LogP contribution in [0.15, 0.2) is 52.3 Å². The Bertz CT molecular complexity index is 1110. The molecule has 0 spiro atoms. The van der Waals surface area contributed by atoms with Crippen LogP contribution in [0.25, 0.3) is 28.2 Å². The fourth-order valence-corrected chi connectivity index (χ4v) is 3.63. The van der Waals surface area contributed by atoms with Gasteiger partial charge in [-0.1, -0.05) is 30.3 Å². The Labute approximate surface area is 141 Å². The topological polar surface area (TPSA) is 97.5 Å². The number of aromatic hydroxyl groups is 1. The van der Waals surface area contributed by atoms with Crippen LogP contribution in [0, 0.1) is 0 Å². The SMILES string of the molecule is O=[SH](=O)c1nc(-c2nc(O)c3c(-c4ccccc4)ccn3n2)cs1. The summed E-state index contributed by atoms with van der Waals surface area (Å²) in [5, 5.41) is 16.2. The van der Waals surface area contributed by atoms with Gasteiger partial charge in [-0.05, 0) is 11.6 Å². The molecule has 120 valence electrons. The van der Waals surface area contributed by atoms with Gasteiger partial charge in [-0.2, -0.15) is 4.98 Å². The Kier molecular flexibility index (Phi) is 3.51. The predicted octanol–water partition coefficient (Wildman–Crippen LogP) is 2.20. The summed E-state index contributed by atoms with van der Waals surface area (Å²) in [5.41, 5.74) is 2.53. The molecule has 0 amide bonds. The highest BCUT2D eigenvalue weighted by Crippen LogP contribution is 2.31. The number of aromatic nitrogens is 4. The number of nitrogens with zero attached hydrogens (tertiary/aromatic N) is 4. The second-order valence-electron chi connectivity index (χ2n) is 4.92. The van der Waals surface area contributed by atoms with Gasteiger partial charge in [0.2, 0.25) is 16.0 Å². The molecule has 24 heavy (non-hydrogen) atoms. The molecule has 0 radical (unpaired) electrons. The summed E-state index contributed by atoms with van der Waals surface area (Å²) in [4.78, 5) is 8.04. The minimum atomic E-state index is -2.75. The van der Waals surface area contributed by atoms with Gasteiger partial charge in [-0.25, -0.2) is 17.9 Å². The maximum Gasteiger partial charge on any atom is 0.240 e. The highest BCUT2D eigenvalue weighted by molar-refractivity contribution is 7.75. The molecule has 3 heterocycles. The van der Waals surface area contributed by atoms with E-state index >= 15 is 0 Å². The smallest absolute Gasteiger partial charge is 0.240 e. The lowest BCUT2D eigenvalue weighted by Crippen LogP contribution is -1.98. The standard InChI is InChI=1S/C15H10N4O3S2/c20-14-12-10(9-4-2-1-3-5-9)6-7-19(12)18-13(17-14)11-8-23-15(16-11)24(21)22/h1-8,24H,(H,17,18,20). The summed E-state index contributed by atoms with van der Waals surface area (Å²) in [6.45, 7) is 0. The molecule has 0 bridgehead atoms. The molecule has 3 aromatic heterocycles. The fourth-order valence-electron chi connectivity index (χ4n) is 2.42. The number of rotatable bonds is 3. The van der Waals surface area contributed by atoms with Crippen LogP contribution in [0.3, 0.4) is 0 Å². The van der Waals surface area contributed by atoms with Crippen LogP contribution in [0.1, 0.15) is 0 Å². The number of thiol groups is 1. The monoisotopic (exact) mass is 358 g/mol. The fraction of sp³-hybridized carbons (Fsp3) is 0.